The summed E-state index contributed by atoms with van der Waals surface area (Å²) in [6, 6.07) is 0.368. The predicted octanol–water partition coefficient (Wildman–Crippen LogP) is 6.68. The predicted molar refractivity (Wildman–Crippen MR) is 219 cm³/mol. The molecule has 0 aromatic carbocycles. The number of aliphatic imine (C=N–C) groups is 2. The van der Waals surface area contributed by atoms with Gasteiger partial charge in [-0.2, -0.15) is 0 Å². The highest BCUT2D eigenvalue weighted by molar-refractivity contribution is 5.88. The SMILES string of the molecule is C=CN(CC(=C)N1CC[C@@H](CC)C1C1=NCC(=C)/C=C\C(C(=C)/C=C\NC(CN(C(=C)CNC)C(C)C(C)C)=NC)=C=CC(=C)/C=C\CN1)OC. The van der Waals surface area contributed by atoms with Crippen LogP contribution in [0.15, 0.2) is 138 Å². The van der Waals surface area contributed by atoms with Gasteiger partial charge in [-0.3, -0.25) is 19.9 Å². The van der Waals surface area contributed by atoms with E-state index in [1.807, 2.05) is 43.6 Å². The number of likely N-dealkylation sites (N-methyl/N-ethyl adjacent to an activating group) is 1. The Balaban J connectivity index is 2.30. The van der Waals surface area contributed by atoms with Gasteiger partial charge in [0.2, 0.25) is 0 Å². The minimum atomic E-state index is 0.0682. The Morgan fingerprint density at radius 3 is 2.57 bits per heavy atom. The molecule has 0 radical (unpaired) electrons. The minimum Gasteiger partial charge on any atom is -0.369 e. The second kappa shape index (κ2) is 22.3. The molecule has 2 heterocycles. The van der Waals surface area contributed by atoms with E-state index in [1.165, 1.54) is 0 Å². The molecular formula is C42H64N8O. The second-order valence-electron chi connectivity index (χ2n) is 13.2. The summed E-state index contributed by atoms with van der Waals surface area (Å²) in [5.41, 5.74) is 8.63. The van der Waals surface area contributed by atoms with Crippen LogP contribution in [-0.2, 0) is 4.84 Å². The average Bonchev–Trinajstić information content (AvgIpc) is 3.55. The van der Waals surface area contributed by atoms with Crippen LogP contribution in [-0.4, -0.2) is 99.1 Å². The van der Waals surface area contributed by atoms with Crippen molar-refractivity contribution in [2.45, 2.75) is 52.6 Å². The standard InChI is InChI=1S/C42H64N8O/c1-14-38-23-26-49(36(9)29-48(15-2)51-13)41(38)42-46-24-16-17-32(5)18-20-39(21-19-33(6)27-47-42)34(7)22-25-45-40(44-12)30-50(35(8)28-43-11)37(10)31(3)4/h15-19,21-22,25,31,37-38,41,43H,2,5-9,14,23-24,26-30H2,1,3-4,10-13H3,(H,44,45)(H,46,47)/b17-16-,21-19-,25-22-/t20?,37?,38-,41?/m1/s1. The van der Waals surface area contributed by atoms with Crippen molar-refractivity contribution in [3.8, 4) is 0 Å². The number of likely N-dealkylation sites (tertiary alicyclic amines) is 1. The lowest BCUT2D eigenvalue weighted by atomic mass is 9.96. The molecule has 9 nitrogen and oxygen atoms in total. The Bertz CT molecular complexity index is 1470. The molecule has 0 aromatic heterocycles. The molecule has 9 heteroatoms. The van der Waals surface area contributed by atoms with Crippen LogP contribution in [0.4, 0.5) is 0 Å². The molecule has 2 aliphatic heterocycles. The molecule has 2 unspecified atom stereocenters. The molecule has 0 aliphatic carbocycles. The average molecular weight is 697 g/mol. The normalized spacial score (nSPS) is 20.6. The lowest BCUT2D eigenvalue weighted by molar-refractivity contribution is -0.0833. The molecule has 2 aliphatic rings. The Labute approximate surface area is 309 Å². The van der Waals surface area contributed by atoms with Gasteiger partial charge in [0, 0.05) is 62.1 Å². The monoisotopic (exact) mass is 697 g/mol. The fourth-order valence-corrected chi connectivity index (χ4v) is 5.90. The van der Waals surface area contributed by atoms with E-state index in [2.05, 4.69) is 110 Å². The van der Waals surface area contributed by atoms with Crippen LogP contribution in [0.25, 0.3) is 0 Å². The van der Waals surface area contributed by atoms with Gasteiger partial charge < -0.3 is 25.8 Å². The zero-order valence-corrected chi connectivity index (χ0v) is 32.5. The fraction of sp³-hybridized carbons (Fsp3) is 0.452. The van der Waals surface area contributed by atoms with Crippen LogP contribution in [0.3, 0.4) is 0 Å². The molecule has 0 aromatic rings. The summed E-state index contributed by atoms with van der Waals surface area (Å²) >= 11 is 0. The molecule has 2 rings (SSSR count). The maximum absolute atomic E-state index is 5.42. The first-order valence-corrected chi connectivity index (χ1v) is 17.9. The third-order valence-electron chi connectivity index (χ3n) is 9.31. The Morgan fingerprint density at radius 1 is 1.20 bits per heavy atom. The van der Waals surface area contributed by atoms with Gasteiger partial charge in [0.05, 0.1) is 32.8 Å². The van der Waals surface area contributed by atoms with E-state index in [-0.39, 0.29) is 6.04 Å². The first kappa shape index (κ1) is 42.6. The van der Waals surface area contributed by atoms with E-state index >= 15 is 0 Å². The quantitative estimate of drug-likeness (QED) is 0.0515. The second-order valence-corrected chi connectivity index (χ2v) is 13.2. The van der Waals surface area contributed by atoms with Crippen molar-refractivity contribution in [2.24, 2.45) is 21.8 Å². The number of rotatable bonds is 17. The maximum Gasteiger partial charge on any atom is 0.120 e. The number of hydroxylamine groups is 2. The van der Waals surface area contributed by atoms with E-state index in [0.29, 0.717) is 50.6 Å². The summed E-state index contributed by atoms with van der Waals surface area (Å²) in [6.45, 7) is 38.2. The van der Waals surface area contributed by atoms with E-state index in [9.17, 15) is 0 Å². The Kier molecular flexibility index (Phi) is 18.6. The molecule has 3 N–H and O–H groups in total. The third kappa shape index (κ3) is 13.6. The zero-order chi connectivity index (χ0) is 37.9. The Morgan fingerprint density at radius 2 is 1.94 bits per heavy atom. The van der Waals surface area contributed by atoms with E-state index < -0.39 is 0 Å². The first-order valence-electron chi connectivity index (χ1n) is 17.9. The third-order valence-corrected chi connectivity index (χ3v) is 9.31. The molecule has 1 saturated heterocycles. The number of nitrogens with one attached hydrogen (secondary N) is 3. The van der Waals surface area contributed by atoms with Crippen molar-refractivity contribution in [3.63, 3.8) is 0 Å². The highest BCUT2D eigenvalue weighted by Crippen LogP contribution is 2.31. The first-order chi connectivity index (χ1) is 24.4. The largest absolute Gasteiger partial charge is 0.369 e. The van der Waals surface area contributed by atoms with Crippen LogP contribution in [0.5, 0.6) is 0 Å². The van der Waals surface area contributed by atoms with Gasteiger partial charge in [-0.25, -0.2) is 0 Å². The highest BCUT2D eigenvalue weighted by atomic mass is 16.7. The number of hydrogen-bond donors (Lipinski definition) is 3. The van der Waals surface area contributed by atoms with Gasteiger partial charge >= 0.3 is 0 Å². The molecule has 0 bridgehead atoms. The van der Waals surface area contributed by atoms with Crippen LogP contribution in [0.2, 0.25) is 0 Å². The van der Waals surface area contributed by atoms with Gasteiger partial charge in [-0.15, -0.1) is 5.73 Å². The van der Waals surface area contributed by atoms with Crippen LogP contribution >= 0.6 is 0 Å². The number of hydrogen-bond acceptors (Lipinski definition) is 8. The Hall–Kier alpha value is -4.56. The van der Waals surface area contributed by atoms with Gasteiger partial charge in [0.15, 0.2) is 0 Å². The van der Waals surface area contributed by atoms with Crippen molar-refractivity contribution in [1.82, 2.24) is 30.8 Å². The van der Waals surface area contributed by atoms with Crippen LogP contribution in [0.1, 0.15) is 40.5 Å². The molecule has 51 heavy (non-hydrogen) atoms. The van der Waals surface area contributed by atoms with Gasteiger partial charge in [0.1, 0.15) is 11.7 Å². The van der Waals surface area contributed by atoms with Crippen molar-refractivity contribution >= 4 is 11.7 Å². The molecule has 0 amide bonds. The van der Waals surface area contributed by atoms with Crippen molar-refractivity contribution in [2.75, 3.05) is 60.5 Å². The highest BCUT2D eigenvalue weighted by Gasteiger charge is 2.37. The lowest BCUT2D eigenvalue weighted by Crippen LogP contribution is -2.47. The minimum absolute atomic E-state index is 0.0682. The van der Waals surface area contributed by atoms with Crippen molar-refractivity contribution in [3.05, 3.63) is 128 Å². The summed E-state index contributed by atoms with van der Waals surface area (Å²) in [6.07, 6.45) is 17.4. The van der Waals surface area contributed by atoms with E-state index in [0.717, 1.165) is 64.7 Å². The number of allylic oxidation sites excluding steroid dienone is 6. The molecule has 3 atom stereocenters. The topological polar surface area (TPSA) is 79.8 Å². The molecular weight excluding hydrogens is 633 g/mol. The summed E-state index contributed by atoms with van der Waals surface area (Å²) < 4.78 is 0. The van der Waals surface area contributed by atoms with Crippen molar-refractivity contribution < 1.29 is 4.84 Å². The smallest absolute Gasteiger partial charge is 0.120 e. The van der Waals surface area contributed by atoms with E-state index in [1.54, 1.807) is 25.4 Å². The molecule has 0 saturated carbocycles. The molecule has 0 spiro atoms. The fourth-order valence-electron chi connectivity index (χ4n) is 5.90. The zero-order valence-electron chi connectivity index (χ0n) is 32.5. The summed E-state index contributed by atoms with van der Waals surface area (Å²) in [5.74, 6) is 2.65. The van der Waals surface area contributed by atoms with Gasteiger partial charge in [0.25, 0.3) is 0 Å². The van der Waals surface area contributed by atoms with Gasteiger partial charge in [-0.05, 0) is 67.2 Å². The van der Waals surface area contributed by atoms with Gasteiger partial charge in [-0.1, -0.05) is 84.9 Å². The van der Waals surface area contributed by atoms with Crippen molar-refractivity contribution in [1.29, 1.82) is 0 Å². The summed E-state index contributed by atoms with van der Waals surface area (Å²) in [5, 5.41) is 11.9. The number of nitrogens with zero attached hydrogens (tertiary/aromatic N) is 5. The van der Waals surface area contributed by atoms with Crippen LogP contribution < -0.4 is 16.0 Å². The maximum atomic E-state index is 5.42. The number of amidine groups is 2. The molecule has 278 valence electrons. The lowest BCUT2D eigenvalue weighted by Gasteiger charge is -2.35. The van der Waals surface area contributed by atoms with E-state index in [4.69, 9.17) is 9.83 Å². The summed E-state index contributed by atoms with van der Waals surface area (Å²) in [7, 11) is 5.37. The summed E-state index contributed by atoms with van der Waals surface area (Å²) in [4.78, 5) is 19.7. The molecule has 1 fully saturated rings. The van der Waals surface area contributed by atoms with Crippen LogP contribution in [0, 0.1) is 11.8 Å².